The van der Waals surface area contributed by atoms with Crippen molar-refractivity contribution in [2.75, 3.05) is 7.11 Å². The number of allylic oxidation sites excluding steroid dienone is 3. The van der Waals surface area contributed by atoms with E-state index >= 15 is 0 Å². The zero-order valence-corrected chi connectivity index (χ0v) is 29.8. The summed E-state index contributed by atoms with van der Waals surface area (Å²) in [5.41, 5.74) is 2.57. The average molecular weight is 641 g/mol. The van der Waals surface area contributed by atoms with E-state index in [-0.39, 0.29) is 39.9 Å². The van der Waals surface area contributed by atoms with Gasteiger partial charge in [-0.25, -0.2) is 4.79 Å². The Hall–Kier alpha value is -2.96. The van der Waals surface area contributed by atoms with Crippen molar-refractivity contribution >= 4 is 31.1 Å². The molecular formula is C40H52O5Si. The lowest BCUT2D eigenvalue weighted by molar-refractivity contribution is -0.114. The molecule has 246 valence electrons. The quantitative estimate of drug-likeness (QED) is 0.174. The van der Waals surface area contributed by atoms with Gasteiger partial charge in [-0.2, -0.15) is 0 Å². The van der Waals surface area contributed by atoms with Crippen molar-refractivity contribution in [3.8, 4) is 0 Å². The SMILES string of the molecule is COC(=O)O[C@H]1C[C@H](O[Si](c2ccccc2)(c2ccccc2)C(C)(C)C)CC2=CC=C3[C@@H]4CC[C@H]([C@H](C)C=O)[C@@]4(C)CC[C@@H]3[C@]21C. The minimum absolute atomic E-state index is 0.0712. The van der Waals surface area contributed by atoms with Crippen molar-refractivity contribution in [1.29, 1.82) is 0 Å². The highest BCUT2D eigenvalue weighted by Gasteiger charge is 2.61. The molecule has 0 N–H and O–H groups in total. The van der Waals surface area contributed by atoms with Gasteiger partial charge in [-0.15, -0.1) is 0 Å². The van der Waals surface area contributed by atoms with Crippen LogP contribution in [0.4, 0.5) is 4.79 Å². The maximum absolute atomic E-state index is 12.9. The molecule has 8 atom stereocenters. The van der Waals surface area contributed by atoms with E-state index in [2.05, 4.69) is 114 Å². The normalized spacial score (nSPS) is 33.0. The minimum atomic E-state index is -2.82. The first-order chi connectivity index (χ1) is 21.9. The van der Waals surface area contributed by atoms with E-state index in [0.717, 1.165) is 38.4 Å². The Morgan fingerprint density at radius 3 is 2.13 bits per heavy atom. The maximum atomic E-state index is 12.9. The molecule has 3 saturated carbocycles. The monoisotopic (exact) mass is 640 g/mol. The van der Waals surface area contributed by atoms with Crippen LogP contribution in [0.3, 0.4) is 0 Å². The van der Waals surface area contributed by atoms with E-state index in [1.807, 2.05) is 0 Å². The Morgan fingerprint density at radius 1 is 0.935 bits per heavy atom. The van der Waals surface area contributed by atoms with E-state index in [1.165, 1.54) is 28.6 Å². The van der Waals surface area contributed by atoms with Crippen molar-refractivity contribution < 1.29 is 23.5 Å². The van der Waals surface area contributed by atoms with Crippen LogP contribution in [0.15, 0.2) is 84.0 Å². The molecule has 0 spiro atoms. The van der Waals surface area contributed by atoms with Crippen molar-refractivity contribution in [3.05, 3.63) is 84.0 Å². The molecule has 4 aliphatic carbocycles. The van der Waals surface area contributed by atoms with E-state index < -0.39 is 14.5 Å². The predicted octanol–water partition coefficient (Wildman–Crippen LogP) is 8.03. The highest BCUT2D eigenvalue weighted by Crippen LogP contribution is 2.66. The fourth-order valence-corrected chi connectivity index (χ4v) is 15.1. The fraction of sp³-hybridized carbons (Fsp3) is 0.550. The Labute approximate surface area is 276 Å². The number of methoxy groups -OCH3 is 1. The second kappa shape index (κ2) is 12.2. The lowest BCUT2D eigenvalue weighted by Crippen LogP contribution is -2.68. The van der Waals surface area contributed by atoms with Gasteiger partial charge in [0.15, 0.2) is 0 Å². The maximum Gasteiger partial charge on any atom is 0.508 e. The molecule has 0 radical (unpaired) electrons. The van der Waals surface area contributed by atoms with Crippen LogP contribution in [-0.2, 0) is 18.7 Å². The number of carbonyl (C=O) groups is 2. The zero-order chi connectivity index (χ0) is 32.9. The molecule has 2 aromatic carbocycles. The standard InChI is InChI=1S/C40H52O5Si/c1-27(26-41)33-20-21-34-32-19-18-28-24-29(25-36(44-37(42)43-7)40(28,6)35(32)22-23-39(33,34)5)45-46(38(2,3)4,30-14-10-8-11-15-30)31-16-12-9-13-17-31/h8-19,26-27,29,33-36H,20-25H2,1-7H3/t27-,29-,33-,34+,35+,36+,39-,40+/m1/s1. The number of ether oxygens (including phenoxy) is 2. The summed E-state index contributed by atoms with van der Waals surface area (Å²) < 4.78 is 19.0. The zero-order valence-electron chi connectivity index (χ0n) is 28.8. The summed E-state index contributed by atoms with van der Waals surface area (Å²) in [5, 5.41) is 2.34. The van der Waals surface area contributed by atoms with Crippen molar-refractivity contribution in [2.24, 2.45) is 34.5 Å². The second-order valence-electron chi connectivity index (χ2n) is 15.9. The van der Waals surface area contributed by atoms with Crippen LogP contribution < -0.4 is 10.4 Å². The van der Waals surface area contributed by atoms with Crippen LogP contribution in [0.1, 0.15) is 80.1 Å². The summed E-state index contributed by atoms with van der Waals surface area (Å²) in [7, 11) is -1.43. The number of aldehydes is 1. The molecule has 4 aliphatic rings. The van der Waals surface area contributed by atoms with E-state index in [0.29, 0.717) is 18.3 Å². The van der Waals surface area contributed by atoms with Gasteiger partial charge in [-0.3, -0.25) is 0 Å². The molecule has 6 heteroatoms. The number of hydrogen-bond acceptors (Lipinski definition) is 5. The highest BCUT2D eigenvalue weighted by atomic mass is 28.4. The first-order valence-electron chi connectivity index (χ1n) is 17.3. The molecule has 0 unspecified atom stereocenters. The van der Waals surface area contributed by atoms with Crippen molar-refractivity contribution in [3.63, 3.8) is 0 Å². The van der Waals surface area contributed by atoms with Crippen LogP contribution in [0, 0.1) is 34.5 Å². The summed E-state index contributed by atoms with van der Waals surface area (Å²) in [6.07, 6.45) is 10.5. The Balaban J connectivity index is 1.42. The van der Waals surface area contributed by atoms with Crippen LogP contribution in [0.5, 0.6) is 0 Å². The van der Waals surface area contributed by atoms with Gasteiger partial charge in [0, 0.05) is 17.8 Å². The molecule has 0 aliphatic heterocycles. The molecule has 0 bridgehead atoms. The first-order valence-corrected chi connectivity index (χ1v) is 19.2. The lowest BCUT2D eigenvalue weighted by Gasteiger charge is -2.57. The molecule has 6 rings (SSSR count). The van der Waals surface area contributed by atoms with E-state index in [4.69, 9.17) is 13.9 Å². The number of fused-ring (bicyclic) bond motifs is 5. The van der Waals surface area contributed by atoms with Gasteiger partial charge in [0.2, 0.25) is 0 Å². The van der Waals surface area contributed by atoms with Crippen LogP contribution in [0.25, 0.3) is 0 Å². The number of rotatable bonds is 7. The molecule has 3 fully saturated rings. The third kappa shape index (κ3) is 5.15. The summed E-state index contributed by atoms with van der Waals surface area (Å²) in [6.45, 7) is 13.8. The van der Waals surface area contributed by atoms with Gasteiger partial charge in [0.25, 0.3) is 8.32 Å². The molecule has 0 heterocycles. The topological polar surface area (TPSA) is 61.8 Å². The van der Waals surface area contributed by atoms with Crippen LogP contribution in [0.2, 0.25) is 5.04 Å². The smallest absolute Gasteiger partial charge is 0.438 e. The molecule has 46 heavy (non-hydrogen) atoms. The summed E-state index contributed by atoms with van der Waals surface area (Å²) in [6, 6.07) is 21.5. The van der Waals surface area contributed by atoms with Gasteiger partial charge in [0.1, 0.15) is 12.4 Å². The van der Waals surface area contributed by atoms with Crippen molar-refractivity contribution in [2.45, 2.75) is 97.3 Å². The fourth-order valence-electron chi connectivity index (χ4n) is 10.4. The second-order valence-corrected chi connectivity index (χ2v) is 20.1. The van der Waals surface area contributed by atoms with Crippen LogP contribution in [-0.4, -0.2) is 40.1 Å². The molecule has 0 saturated heterocycles. The largest absolute Gasteiger partial charge is 0.508 e. The Kier molecular flexibility index (Phi) is 8.77. The third-order valence-corrected chi connectivity index (χ3v) is 17.8. The molecule has 5 nitrogen and oxygen atoms in total. The lowest BCUT2D eigenvalue weighted by atomic mass is 9.49. The molecule has 2 aromatic rings. The Morgan fingerprint density at radius 2 is 1.57 bits per heavy atom. The third-order valence-electron chi connectivity index (χ3n) is 12.7. The number of benzene rings is 2. The van der Waals surface area contributed by atoms with Crippen LogP contribution >= 0.6 is 0 Å². The van der Waals surface area contributed by atoms with Crippen molar-refractivity contribution in [1.82, 2.24) is 0 Å². The average Bonchev–Trinajstić information content (AvgIpc) is 3.41. The van der Waals surface area contributed by atoms with Gasteiger partial charge < -0.3 is 18.7 Å². The summed E-state index contributed by atoms with van der Waals surface area (Å²) in [4.78, 5) is 24.8. The first kappa shape index (κ1) is 33.0. The number of hydrogen-bond donors (Lipinski definition) is 0. The summed E-state index contributed by atoms with van der Waals surface area (Å²) >= 11 is 0. The van der Waals surface area contributed by atoms with Gasteiger partial charge in [0.05, 0.1) is 13.2 Å². The van der Waals surface area contributed by atoms with E-state index in [9.17, 15) is 9.59 Å². The number of carbonyl (C=O) groups excluding carboxylic acids is 2. The molecule has 0 aromatic heterocycles. The van der Waals surface area contributed by atoms with E-state index in [1.54, 1.807) is 0 Å². The molecular weight excluding hydrogens is 589 g/mol. The Bertz CT molecular complexity index is 1450. The van der Waals surface area contributed by atoms with Gasteiger partial charge >= 0.3 is 6.16 Å². The molecule has 0 amide bonds. The predicted molar refractivity (Wildman–Crippen MR) is 186 cm³/mol. The van der Waals surface area contributed by atoms with Gasteiger partial charge in [-0.1, -0.05) is 126 Å². The minimum Gasteiger partial charge on any atom is -0.438 e. The summed E-state index contributed by atoms with van der Waals surface area (Å²) in [5.74, 6) is 1.20. The van der Waals surface area contributed by atoms with Gasteiger partial charge in [-0.05, 0) is 70.7 Å². The highest BCUT2D eigenvalue weighted by molar-refractivity contribution is 6.99.